The molecule has 0 amide bonds. The van der Waals surface area contributed by atoms with Crippen molar-refractivity contribution in [2.24, 2.45) is 11.8 Å². The number of Topliss-reactive ketones (excluding diaryl/α,β-unsaturated/α-hetero) is 2. The van der Waals surface area contributed by atoms with Gasteiger partial charge < -0.3 is 4.74 Å². The van der Waals surface area contributed by atoms with Crippen molar-refractivity contribution < 1.29 is 14.3 Å². The van der Waals surface area contributed by atoms with E-state index in [1.54, 1.807) is 6.20 Å². The SMILES string of the molecule is Cc1sc(-c2ccc(Br)cn2)nc1C1C(=O)[C@@H]2[C@H](C1=O)[C@H]1CC[C@@H]2O1. The highest BCUT2D eigenvalue weighted by molar-refractivity contribution is 9.10. The zero-order valence-electron chi connectivity index (χ0n) is 13.4. The maximum Gasteiger partial charge on any atom is 0.155 e. The number of thiazole rings is 1. The summed E-state index contributed by atoms with van der Waals surface area (Å²) >= 11 is 4.86. The summed E-state index contributed by atoms with van der Waals surface area (Å²) in [6, 6.07) is 3.79. The molecule has 1 aliphatic carbocycles. The fraction of sp³-hybridized carbons (Fsp3) is 0.444. The summed E-state index contributed by atoms with van der Waals surface area (Å²) in [7, 11) is 0. The lowest BCUT2D eigenvalue weighted by Gasteiger charge is -2.16. The average molecular weight is 419 g/mol. The molecular formula is C18H15BrN2O3S. The minimum atomic E-state index is -0.720. The van der Waals surface area contributed by atoms with E-state index in [2.05, 4.69) is 25.9 Å². The summed E-state index contributed by atoms with van der Waals surface area (Å²) in [6.07, 6.45) is 3.37. The Morgan fingerprint density at radius 3 is 2.44 bits per heavy atom. The second kappa shape index (κ2) is 5.53. The van der Waals surface area contributed by atoms with Crippen molar-refractivity contribution >= 4 is 38.8 Å². The van der Waals surface area contributed by atoms with E-state index in [1.165, 1.54) is 11.3 Å². The predicted octanol–water partition coefficient (Wildman–Crippen LogP) is 3.31. The molecule has 0 N–H and O–H groups in total. The first kappa shape index (κ1) is 15.8. The van der Waals surface area contributed by atoms with Gasteiger partial charge in [0.15, 0.2) is 11.6 Å². The minimum absolute atomic E-state index is 0.00548. The maximum atomic E-state index is 13.0. The van der Waals surface area contributed by atoms with Gasteiger partial charge in [0.2, 0.25) is 0 Å². The number of carbonyl (C=O) groups is 2. The standard InChI is InChI=1S/C18H15BrN2O3S/c1-7-15(21-18(25-7)9-3-2-8(19)6-20-9)14-16(22)12-10-4-5-11(24-10)13(12)17(14)23/h2-3,6,10-14H,4-5H2,1H3/t10-,11+,12-,13+,14?. The molecule has 5 rings (SSSR count). The summed E-state index contributed by atoms with van der Waals surface area (Å²) < 4.78 is 6.70. The van der Waals surface area contributed by atoms with Gasteiger partial charge in [0.25, 0.3) is 0 Å². The van der Waals surface area contributed by atoms with Crippen molar-refractivity contribution in [3.63, 3.8) is 0 Å². The van der Waals surface area contributed by atoms with E-state index >= 15 is 0 Å². The predicted molar refractivity (Wildman–Crippen MR) is 95.4 cm³/mol. The number of fused-ring (bicyclic) bond motifs is 5. The third-order valence-corrected chi connectivity index (χ3v) is 7.03. The molecule has 3 fully saturated rings. The number of aromatic nitrogens is 2. The van der Waals surface area contributed by atoms with Crippen molar-refractivity contribution in [3.8, 4) is 10.7 Å². The molecule has 5 nitrogen and oxygen atoms in total. The van der Waals surface area contributed by atoms with Crippen molar-refractivity contribution in [1.82, 2.24) is 9.97 Å². The van der Waals surface area contributed by atoms with Crippen molar-refractivity contribution in [1.29, 1.82) is 0 Å². The molecule has 0 radical (unpaired) electrons. The van der Waals surface area contributed by atoms with E-state index in [0.29, 0.717) is 5.69 Å². The second-order valence-electron chi connectivity index (χ2n) is 6.90. The first-order chi connectivity index (χ1) is 12.0. The Bertz CT molecular complexity index is 866. The van der Waals surface area contributed by atoms with Gasteiger partial charge in [-0.05, 0) is 47.8 Å². The van der Waals surface area contributed by atoms with E-state index in [0.717, 1.165) is 32.9 Å². The fourth-order valence-corrected chi connectivity index (χ4v) is 5.64. The quantitative estimate of drug-likeness (QED) is 0.699. The fourth-order valence-electron chi connectivity index (χ4n) is 4.48. The number of carbonyl (C=O) groups excluding carboxylic acids is 2. The first-order valence-corrected chi connectivity index (χ1v) is 9.97. The van der Waals surface area contributed by atoms with Gasteiger partial charge in [-0.2, -0.15) is 0 Å². The molecule has 3 aliphatic rings. The molecule has 2 aromatic rings. The van der Waals surface area contributed by atoms with Gasteiger partial charge in [-0.3, -0.25) is 14.6 Å². The molecule has 7 heteroatoms. The van der Waals surface area contributed by atoms with Crippen molar-refractivity contribution in [2.45, 2.75) is 37.9 Å². The molecule has 1 saturated carbocycles. The van der Waals surface area contributed by atoms with Gasteiger partial charge in [-0.25, -0.2) is 4.98 Å². The molecule has 128 valence electrons. The van der Waals surface area contributed by atoms with Gasteiger partial charge >= 0.3 is 0 Å². The lowest BCUT2D eigenvalue weighted by molar-refractivity contribution is -0.127. The van der Waals surface area contributed by atoms with Crippen molar-refractivity contribution in [2.75, 3.05) is 0 Å². The van der Waals surface area contributed by atoms with Crippen molar-refractivity contribution in [3.05, 3.63) is 33.4 Å². The largest absolute Gasteiger partial charge is 0.373 e. The first-order valence-electron chi connectivity index (χ1n) is 8.37. The van der Waals surface area contributed by atoms with Crippen LogP contribution in [0.15, 0.2) is 22.8 Å². The maximum absolute atomic E-state index is 13.0. The molecule has 2 bridgehead atoms. The van der Waals surface area contributed by atoms with Crippen LogP contribution in [0.3, 0.4) is 0 Å². The highest BCUT2D eigenvalue weighted by Crippen LogP contribution is 2.52. The number of ether oxygens (including phenoxy) is 1. The van der Waals surface area contributed by atoms with Crippen LogP contribution in [-0.4, -0.2) is 33.7 Å². The smallest absolute Gasteiger partial charge is 0.155 e. The summed E-state index contributed by atoms with van der Waals surface area (Å²) in [4.78, 5) is 35.9. The Morgan fingerprint density at radius 2 is 1.84 bits per heavy atom. The van der Waals surface area contributed by atoms with Crippen LogP contribution < -0.4 is 0 Å². The van der Waals surface area contributed by atoms with E-state index in [4.69, 9.17) is 4.74 Å². The van der Waals surface area contributed by atoms with Crippen LogP contribution in [0.2, 0.25) is 0 Å². The number of halogens is 1. The van der Waals surface area contributed by atoms with Gasteiger partial charge in [-0.15, -0.1) is 11.3 Å². The van der Waals surface area contributed by atoms with Gasteiger partial charge in [0.1, 0.15) is 10.9 Å². The zero-order chi connectivity index (χ0) is 17.3. The molecule has 1 unspecified atom stereocenters. The summed E-state index contributed by atoms with van der Waals surface area (Å²) in [5.74, 6) is -1.22. The van der Waals surface area contributed by atoms with Gasteiger partial charge in [0.05, 0.1) is 35.4 Å². The van der Waals surface area contributed by atoms with E-state index < -0.39 is 5.92 Å². The Kier molecular flexibility index (Phi) is 3.49. The highest BCUT2D eigenvalue weighted by Gasteiger charge is 2.63. The van der Waals surface area contributed by atoms with Crippen LogP contribution in [0.4, 0.5) is 0 Å². The monoisotopic (exact) mass is 418 g/mol. The number of rotatable bonds is 2. The third kappa shape index (κ3) is 2.22. The van der Waals surface area contributed by atoms with Crippen LogP contribution in [-0.2, 0) is 14.3 Å². The van der Waals surface area contributed by atoms with E-state index in [1.807, 2.05) is 19.1 Å². The molecular weight excluding hydrogens is 404 g/mol. The molecule has 0 spiro atoms. The zero-order valence-corrected chi connectivity index (χ0v) is 15.8. The van der Waals surface area contributed by atoms with Crippen LogP contribution >= 0.6 is 27.3 Å². The number of hydrogen-bond acceptors (Lipinski definition) is 6. The van der Waals surface area contributed by atoms with Crippen LogP contribution in [0.1, 0.15) is 29.3 Å². The summed E-state index contributed by atoms with van der Waals surface area (Å²) in [6.45, 7) is 1.93. The molecule has 25 heavy (non-hydrogen) atoms. The number of nitrogens with zero attached hydrogens (tertiary/aromatic N) is 2. The number of pyridine rings is 1. The van der Waals surface area contributed by atoms with Gasteiger partial charge in [-0.1, -0.05) is 0 Å². The van der Waals surface area contributed by atoms with Crippen LogP contribution in [0.5, 0.6) is 0 Å². The molecule has 2 aromatic heterocycles. The molecule has 4 heterocycles. The normalized spacial score (nSPS) is 33.3. The molecule has 2 saturated heterocycles. The Hall–Kier alpha value is -1.44. The van der Waals surface area contributed by atoms with E-state index in [-0.39, 0.29) is 35.6 Å². The Morgan fingerprint density at radius 1 is 1.16 bits per heavy atom. The number of hydrogen-bond donors (Lipinski definition) is 0. The lowest BCUT2D eigenvalue weighted by Crippen LogP contribution is -2.29. The average Bonchev–Trinajstić information content (AvgIpc) is 3.33. The second-order valence-corrected chi connectivity index (χ2v) is 9.02. The summed E-state index contributed by atoms with van der Waals surface area (Å²) in [5.41, 5.74) is 1.37. The summed E-state index contributed by atoms with van der Waals surface area (Å²) in [5, 5.41) is 0.747. The van der Waals surface area contributed by atoms with E-state index in [9.17, 15) is 9.59 Å². The number of ketones is 2. The topological polar surface area (TPSA) is 69.2 Å². The molecule has 2 aliphatic heterocycles. The minimum Gasteiger partial charge on any atom is -0.373 e. The highest BCUT2D eigenvalue weighted by atomic mass is 79.9. The third-order valence-electron chi connectivity index (χ3n) is 5.55. The van der Waals surface area contributed by atoms with Crippen LogP contribution in [0.25, 0.3) is 10.7 Å². The molecule has 5 atom stereocenters. The number of aryl methyl sites for hydroxylation is 1. The van der Waals surface area contributed by atoms with Crippen LogP contribution in [0, 0.1) is 18.8 Å². The van der Waals surface area contributed by atoms with Gasteiger partial charge in [0, 0.05) is 15.5 Å². The lowest BCUT2D eigenvalue weighted by atomic mass is 9.81. The molecule has 0 aromatic carbocycles. The Labute approximate surface area is 157 Å². The Balaban J connectivity index is 1.53.